The lowest BCUT2D eigenvalue weighted by molar-refractivity contribution is 0.183. The predicted octanol–water partition coefficient (Wildman–Crippen LogP) is 2.13. The van der Waals surface area contributed by atoms with E-state index in [-0.39, 0.29) is 6.10 Å². The van der Waals surface area contributed by atoms with Gasteiger partial charge in [-0.05, 0) is 31.9 Å². The molecule has 1 aromatic rings. The Morgan fingerprint density at radius 2 is 2.20 bits per heavy atom. The Morgan fingerprint density at radius 3 is 2.87 bits per heavy atom. The SMILES string of the molecule is CC(O)CCCNc1ccccc1C#N. The van der Waals surface area contributed by atoms with Gasteiger partial charge in [0.05, 0.1) is 17.4 Å². The van der Waals surface area contributed by atoms with E-state index in [1.54, 1.807) is 13.0 Å². The van der Waals surface area contributed by atoms with E-state index in [2.05, 4.69) is 11.4 Å². The van der Waals surface area contributed by atoms with Crippen molar-refractivity contribution in [3.8, 4) is 6.07 Å². The summed E-state index contributed by atoms with van der Waals surface area (Å²) in [5.74, 6) is 0. The van der Waals surface area contributed by atoms with Crippen molar-refractivity contribution in [2.75, 3.05) is 11.9 Å². The molecule has 0 bridgehead atoms. The van der Waals surface area contributed by atoms with E-state index < -0.39 is 0 Å². The molecule has 0 aliphatic heterocycles. The number of nitriles is 1. The maximum atomic E-state index is 9.07. The number of aliphatic hydroxyl groups excluding tert-OH is 1. The van der Waals surface area contributed by atoms with Gasteiger partial charge in [0.25, 0.3) is 0 Å². The van der Waals surface area contributed by atoms with Gasteiger partial charge in [0, 0.05) is 6.54 Å². The van der Waals surface area contributed by atoms with Crippen LogP contribution in [0.4, 0.5) is 5.69 Å². The summed E-state index contributed by atoms with van der Waals surface area (Å²) in [6, 6.07) is 9.56. The number of hydrogen-bond donors (Lipinski definition) is 2. The number of para-hydroxylation sites is 1. The number of benzene rings is 1. The normalized spacial score (nSPS) is 11.8. The fourth-order valence-electron chi connectivity index (χ4n) is 1.36. The number of anilines is 1. The van der Waals surface area contributed by atoms with Gasteiger partial charge in [0.2, 0.25) is 0 Å². The summed E-state index contributed by atoms with van der Waals surface area (Å²) in [6.07, 6.45) is 1.43. The molecule has 1 aromatic carbocycles. The lowest BCUT2D eigenvalue weighted by Crippen LogP contribution is -2.07. The minimum atomic E-state index is -0.252. The van der Waals surface area contributed by atoms with E-state index in [1.807, 2.05) is 18.2 Å². The molecule has 1 rings (SSSR count). The predicted molar refractivity (Wildman–Crippen MR) is 60.6 cm³/mol. The van der Waals surface area contributed by atoms with Crippen LogP contribution in [-0.2, 0) is 0 Å². The fourth-order valence-corrected chi connectivity index (χ4v) is 1.36. The van der Waals surface area contributed by atoms with Crippen molar-refractivity contribution in [2.45, 2.75) is 25.9 Å². The van der Waals surface area contributed by atoms with Gasteiger partial charge in [-0.1, -0.05) is 12.1 Å². The molecule has 0 aliphatic carbocycles. The number of rotatable bonds is 5. The molecule has 0 fully saturated rings. The first-order valence-electron chi connectivity index (χ1n) is 5.15. The molecule has 80 valence electrons. The molecule has 3 heteroatoms. The molecule has 15 heavy (non-hydrogen) atoms. The Balaban J connectivity index is 2.41. The molecule has 0 amide bonds. The van der Waals surface area contributed by atoms with Crippen LogP contribution in [-0.4, -0.2) is 17.8 Å². The first kappa shape index (κ1) is 11.5. The minimum absolute atomic E-state index is 0.252. The van der Waals surface area contributed by atoms with Crippen molar-refractivity contribution in [2.24, 2.45) is 0 Å². The van der Waals surface area contributed by atoms with Crippen LogP contribution in [0.2, 0.25) is 0 Å². The Hall–Kier alpha value is -1.53. The molecule has 1 atom stereocenters. The van der Waals surface area contributed by atoms with Crippen LogP contribution in [0, 0.1) is 11.3 Å². The zero-order chi connectivity index (χ0) is 11.1. The molecule has 0 saturated heterocycles. The topological polar surface area (TPSA) is 56.0 Å². The van der Waals surface area contributed by atoms with Crippen molar-refractivity contribution in [3.63, 3.8) is 0 Å². The summed E-state index contributed by atoms with van der Waals surface area (Å²) in [4.78, 5) is 0. The highest BCUT2D eigenvalue weighted by Gasteiger charge is 1.99. The molecule has 0 aromatic heterocycles. The molecular weight excluding hydrogens is 188 g/mol. The van der Waals surface area contributed by atoms with Crippen LogP contribution in [0.1, 0.15) is 25.3 Å². The van der Waals surface area contributed by atoms with Crippen molar-refractivity contribution in [3.05, 3.63) is 29.8 Å². The van der Waals surface area contributed by atoms with Crippen LogP contribution in [0.25, 0.3) is 0 Å². The first-order chi connectivity index (χ1) is 7.24. The summed E-state index contributed by atoms with van der Waals surface area (Å²) in [7, 11) is 0. The molecule has 0 saturated carbocycles. The third kappa shape index (κ3) is 4.01. The van der Waals surface area contributed by atoms with Gasteiger partial charge < -0.3 is 10.4 Å². The monoisotopic (exact) mass is 204 g/mol. The second kappa shape index (κ2) is 6.05. The van der Waals surface area contributed by atoms with E-state index in [0.29, 0.717) is 5.56 Å². The summed E-state index contributed by atoms with van der Waals surface area (Å²) in [6.45, 7) is 2.56. The second-order valence-electron chi connectivity index (χ2n) is 3.58. The summed E-state index contributed by atoms with van der Waals surface area (Å²) in [5, 5.41) is 21.1. The summed E-state index contributed by atoms with van der Waals surface area (Å²) < 4.78 is 0. The zero-order valence-corrected chi connectivity index (χ0v) is 8.90. The van der Waals surface area contributed by atoms with Crippen LogP contribution >= 0.6 is 0 Å². The molecule has 1 unspecified atom stereocenters. The maximum absolute atomic E-state index is 9.07. The summed E-state index contributed by atoms with van der Waals surface area (Å²) >= 11 is 0. The molecule has 0 aliphatic rings. The molecule has 2 N–H and O–H groups in total. The highest BCUT2D eigenvalue weighted by Crippen LogP contribution is 2.13. The van der Waals surface area contributed by atoms with Crippen LogP contribution < -0.4 is 5.32 Å². The van der Waals surface area contributed by atoms with E-state index in [9.17, 15) is 0 Å². The van der Waals surface area contributed by atoms with E-state index in [0.717, 1.165) is 25.1 Å². The Bertz CT molecular complexity index is 342. The van der Waals surface area contributed by atoms with E-state index in [1.165, 1.54) is 0 Å². The molecule has 0 spiro atoms. The number of nitrogens with zero attached hydrogens (tertiary/aromatic N) is 1. The van der Waals surface area contributed by atoms with E-state index in [4.69, 9.17) is 10.4 Å². The maximum Gasteiger partial charge on any atom is 0.101 e. The van der Waals surface area contributed by atoms with Gasteiger partial charge in [-0.2, -0.15) is 5.26 Å². The van der Waals surface area contributed by atoms with Gasteiger partial charge in [0.15, 0.2) is 0 Å². The first-order valence-corrected chi connectivity index (χ1v) is 5.15. The van der Waals surface area contributed by atoms with Gasteiger partial charge in [-0.15, -0.1) is 0 Å². The van der Waals surface area contributed by atoms with Crippen molar-refractivity contribution in [1.29, 1.82) is 5.26 Å². The third-order valence-corrected chi connectivity index (χ3v) is 2.16. The largest absolute Gasteiger partial charge is 0.393 e. The molecule has 3 nitrogen and oxygen atoms in total. The fraction of sp³-hybridized carbons (Fsp3) is 0.417. The Labute approximate surface area is 90.4 Å². The van der Waals surface area contributed by atoms with E-state index >= 15 is 0 Å². The Morgan fingerprint density at radius 1 is 1.47 bits per heavy atom. The third-order valence-electron chi connectivity index (χ3n) is 2.16. The van der Waals surface area contributed by atoms with Crippen molar-refractivity contribution in [1.82, 2.24) is 0 Å². The minimum Gasteiger partial charge on any atom is -0.393 e. The smallest absolute Gasteiger partial charge is 0.101 e. The van der Waals surface area contributed by atoms with Gasteiger partial charge in [0.1, 0.15) is 6.07 Å². The lowest BCUT2D eigenvalue weighted by Gasteiger charge is -2.08. The number of hydrogen-bond acceptors (Lipinski definition) is 3. The van der Waals surface area contributed by atoms with Crippen LogP contribution in [0.5, 0.6) is 0 Å². The average Bonchev–Trinajstić information content (AvgIpc) is 2.24. The van der Waals surface area contributed by atoms with Crippen molar-refractivity contribution >= 4 is 5.69 Å². The van der Waals surface area contributed by atoms with Gasteiger partial charge in [-0.3, -0.25) is 0 Å². The van der Waals surface area contributed by atoms with Crippen LogP contribution in [0.3, 0.4) is 0 Å². The number of nitrogens with one attached hydrogen (secondary N) is 1. The van der Waals surface area contributed by atoms with Crippen molar-refractivity contribution < 1.29 is 5.11 Å². The van der Waals surface area contributed by atoms with Gasteiger partial charge in [-0.25, -0.2) is 0 Å². The standard InChI is InChI=1S/C12H16N2O/c1-10(15)5-4-8-14-12-7-3-2-6-11(12)9-13/h2-3,6-7,10,14-15H,4-5,8H2,1H3. The zero-order valence-electron chi connectivity index (χ0n) is 8.90. The highest BCUT2D eigenvalue weighted by atomic mass is 16.3. The molecular formula is C12H16N2O. The molecule has 0 heterocycles. The highest BCUT2D eigenvalue weighted by molar-refractivity contribution is 5.56. The summed E-state index contributed by atoms with van der Waals surface area (Å²) in [5.41, 5.74) is 1.53. The lowest BCUT2D eigenvalue weighted by atomic mass is 10.2. The van der Waals surface area contributed by atoms with Gasteiger partial charge >= 0.3 is 0 Å². The Kier molecular flexibility index (Phi) is 4.65. The molecule has 0 radical (unpaired) electrons. The quantitative estimate of drug-likeness (QED) is 0.722. The van der Waals surface area contributed by atoms with Crippen LogP contribution in [0.15, 0.2) is 24.3 Å². The number of aliphatic hydroxyl groups is 1. The second-order valence-corrected chi connectivity index (χ2v) is 3.58. The average molecular weight is 204 g/mol.